The Morgan fingerprint density at radius 2 is 1.83 bits per heavy atom. The van der Waals surface area contributed by atoms with Crippen molar-refractivity contribution in [2.45, 2.75) is 32.8 Å². The summed E-state index contributed by atoms with van der Waals surface area (Å²) in [5, 5.41) is 3.13. The van der Waals surface area contributed by atoms with Crippen molar-refractivity contribution in [3.63, 3.8) is 0 Å². The summed E-state index contributed by atoms with van der Waals surface area (Å²) < 4.78 is 12.2. The number of methoxy groups -OCH3 is 1. The fourth-order valence-electron chi connectivity index (χ4n) is 3.02. The molecule has 0 atom stereocenters. The molecule has 0 aliphatic rings. The Hall–Kier alpha value is -3.35. The number of hydrogen-bond acceptors (Lipinski definition) is 5. The first kappa shape index (κ1) is 20.4. The highest BCUT2D eigenvalue weighted by Crippen LogP contribution is 2.22. The predicted molar refractivity (Wildman–Crippen MR) is 112 cm³/mol. The van der Waals surface area contributed by atoms with Crippen molar-refractivity contribution in [3.8, 4) is 11.4 Å². The molecule has 2 aromatic carbocycles. The Bertz CT molecular complexity index is 1070. The standard InChI is InChI=1S/C22H25N3O4/c1-22(2,3)29-21(27)23-14-13-18-24-16-11-8-12-17(28-4)19(16)20(26)25(18)15-9-6-5-7-10-15/h5-12H,13-14H2,1-4H3,(H,23,27). The fraction of sp³-hybridized carbons (Fsp3) is 0.318. The van der Waals surface area contributed by atoms with Crippen LogP contribution in [0.15, 0.2) is 53.3 Å². The summed E-state index contributed by atoms with van der Waals surface area (Å²) in [6.45, 7) is 5.69. The first-order valence-corrected chi connectivity index (χ1v) is 9.41. The molecule has 1 amide bonds. The molecule has 0 bridgehead atoms. The largest absolute Gasteiger partial charge is 0.496 e. The van der Waals surface area contributed by atoms with Gasteiger partial charge in [-0.3, -0.25) is 9.36 Å². The zero-order valence-electron chi connectivity index (χ0n) is 17.1. The lowest BCUT2D eigenvalue weighted by atomic mass is 10.2. The van der Waals surface area contributed by atoms with Gasteiger partial charge < -0.3 is 14.8 Å². The van der Waals surface area contributed by atoms with E-state index >= 15 is 0 Å². The van der Waals surface area contributed by atoms with Gasteiger partial charge in [-0.05, 0) is 45.0 Å². The van der Waals surface area contributed by atoms with Gasteiger partial charge in [-0.25, -0.2) is 9.78 Å². The second-order valence-electron chi connectivity index (χ2n) is 7.54. The number of alkyl carbamates (subject to hydrolysis) is 1. The lowest BCUT2D eigenvalue weighted by Gasteiger charge is -2.20. The van der Waals surface area contributed by atoms with Crippen molar-refractivity contribution < 1.29 is 14.3 Å². The number of aromatic nitrogens is 2. The maximum absolute atomic E-state index is 13.3. The van der Waals surface area contributed by atoms with E-state index in [4.69, 9.17) is 9.47 Å². The van der Waals surface area contributed by atoms with E-state index in [-0.39, 0.29) is 12.1 Å². The summed E-state index contributed by atoms with van der Waals surface area (Å²) in [6, 6.07) is 14.6. The Morgan fingerprint density at radius 3 is 2.48 bits per heavy atom. The monoisotopic (exact) mass is 395 g/mol. The molecule has 0 saturated carbocycles. The number of nitrogens with one attached hydrogen (secondary N) is 1. The molecule has 0 unspecified atom stereocenters. The highest BCUT2D eigenvalue weighted by molar-refractivity contribution is 5.84. The molecule has 0 radical (unpaired) electrons. The molecule has 0 aliphatic carbocycles. The van der Waals surface area contributed by atoms with Gasteiger partial charge in [-0.15, -0.1) is 0 Å². The molecule has 0 spiro atoms. The van der Waals surface area contributed by atoms with E-state index < -0.39 is 11.7 Å². The zero-order chi connectivity index (χ0) is 21.0. The topological polar surface area (TPSA) is 82.4 Å². The maximum atomic E-state index is 13.3. The van der Waals surface area contributed by atoms with Crippen molar-refractivity contribution in [1.82, 2.24) is 14.9 Å². The maximum Gasteiger partial charge on any atom is 0.407 e. The van der Waals surface area contributed by atoms with E-state index in [1.54, 1.807) is 43.5 Å². The van der Waals surface area contributed by atoms with Crippen LogP contribution in [-0.2, 0) is 11.2 Å². The normalized spacial score (nSPS) is 11.3. The lowest BCUT2D eigenvalue weighted by molar-refractivity contribution is 0.0528. The molecule has 1 aromatic heterocycles. The van der Waals surface area contributed by atoms with Crippen LogP contribution in [0, 0.1) is 0 Å². The van der Waals surface area contributed by atoms with Gasteiger partial charge in [0.15, 0.2) is 0 Å². The van der Waals surface area contributed by atoms with Crippen LogP contribution in [0.25, 0.3) is 16.6 Å². The van der Waals surface area contributed by atoms with Gasteiger partial charge in [0.2, 0.25) is 0 Å². The molecule has 7 nitrogen and oxygen atoms in total. The number of benzene rings is 2. The molecule has 1 heterocycles. The first-order valence-electron chi connectivity index (χ1n) is 9.41. The molecule has 152 valence electrons. The number of ether oxygens (including phenoxy) is 2. The number of hydrogen-bond donors (Lipinski definition) is 1. The molecule has 1 N–H and O–H groups in total. The van der Waals surface area contributed by atoms with Gasteiger partial charge in [0.05, 0.1) is 18.3 Å². The molecule has 3 aromatic rings. The Labute approximate surface area is 169 Å². The molecule has 7 heteroatoms. The summed E-state index contributed by atoms with van der Waals surface area (Å²) in [5.41, 5.74) is 0.457. The molecular formula is C22H25N3O4. The minimum Gasteiger partial charge on any atom is -0.496 e. The van der Waals surface area contributed by atoms with Crippen molar-refractivity contribution in [2.24, 2.45) is 0 Å². The van der Waals surface area contributed by atoms with Crippen molar-refractivity contribution in [3.05, 3.63) is 64.7 Å². The summed E-state index contributed by atoms with van der Waals surface area (Å²) in [6.07, 6.45) is -0.148. The van der Waals surface area contributed by atoms with Crippen LogP contribution in [-0.4, -0.2) is 34.9 Å². The van der Waals surface area contributed by atoms with Gasteiger partial charge in [0.1, 0.15) is 22.6 Å². The van der Waals surface area contributed by atoms with E-state index in [2.05, 4.69) is 10.3 Å². The molecule has 0 aliphatic heterocycles. The molecule has 29 heavy (non-hydrogen) atoms. The summed E-state index contributed by atoms with van der Waals surface area (Å²) in [5.74, 6) is 1.01. The van der Waals surface area contributed by atoms with Crippen LogP contribution in [0.3, 0.4) is 0 Å². The van der Waals surface area contributed by atoms with Gasteiger partial charge in [-0.1, -0.05) is 24.3 Å². The number of amides is 1. The quantitative estimate of drug-likeness (QED) is 0.715. The average Bonchev–Trinajstić information content (AvgIpc) is 2.67. The zero-order valence-corrected chi connectivity index (χ0v) is 17.1. The molecular weight excluding hydrogens is 370 g/mol. The van der Waals surface area contributed by atoms with Crippen LogP contribution in [0.1, 0.15) is 26.6 Å². The van der Waals surface area contributed by atoms with Gasteiger partial charge >= 0.3 is 6.09 Å². The third-order valence-electron chi connectivity index (χ3n) is 4.18. The predicted octanol–water partition coefficient (Wildman–Crippen LogP) is 3.46. The van der Waals surface area contributed by atoms with Crippen LogP contribution in [0.4, 0.5) is 4.79 Å². The first-order chi connectivity index (χ1) is 13.8. The summed E-state index contributed by atoms with van der Waals surface area (Å²) in [4.78, 5) is 30.0. The van der Waals surface area contributed by atoms with E-state index in [1.807, 2.05) is 30.3 Å². The summed E-state index contributed by atoms with van der Waals surface area (Å²) >= 11 is 0. The average molecular weight is 395 g/mol. The number of fused-ring (bicyclic) bond motifs is 1. The van der Waals surface area contributed by atoms with Crippen molar-refractivity contribution >= 4 is 17.0 Å². The number of carbonyl (C=O) groups is 1. The van der Waals surface area contributed by atoms with Crippen molar-refractivity contribution in [1.29, 1.82) is 0 Å². The highest BCUT2D eigenvalue weighted by atomic mass is 16.6. The van der Waals surface area contributed by atoms with E-state index in [1.165, 1.54) is 7.11 Å². The van der Waals surface area contributed by atoms with Crippen LogP contribution < -0.4 is 15.6 Å². The Balaban J connectivity index is 2.00. The smallest absolute Gasteiger partial charge is 0.407 e. The third kappa shape index (κ3) is 4.74. The second-order valence-corrected chi connectivity index (χ2v) is 7.54. The Morgan fingerprint density at radius 1 is 1.10 bits per heavy atom. The van der Waals surface area contributed by atoms with Gasteiger partial charge in [0, 0.05) is 13.0 Å². The second kappa shape index (κ2) is 8.34. The number of nitrogens with zero attached hydrogens (tertiary/aromatic N) is 2. The van der Waals surface area contributed by atoms with E-state index in [0.29, 0.717) is 34.6 Å². The number of para-hydroxylation sites is 1. The van der Waals surface area contributed by atoms with Gasteiger partial charge in [0.25, 0.3) is 5.56 Å². The van der Waals surface area contributed by atoms with Crippen LogP contribution >= 0.6 is 0 Å². The van der Waals surface area contributed by atoms with Crippen LogP contribution in [0.5, 0.6) is 5.75 Å². The molecule has 0 saturated heterocycles. The molecule has 0 fully saturated rings. The summed E-state index contributed by atoms with van der Waals surface area (Å²) in [7, 11) is 1.53. The van der Waals surface area contributed by atoms with Crippen LogP contribution in [0.2, 0.25) is 0 Å². The molecule has 3 rings (SSSR count). The van der Waals surface area contributed by atoms with Crippen molar-refractivity contribution in [2.75, 3.05) is 13.7 Å². The number of carbonyl (C=O) groups excluding carboxylic acids is 1. The minimum absolute atomic E-state index is 0.217. The lowest BCUT2D eigenvalue weighted by Crippen LogP contribution is -2.34. The van der Waals surface area contributed by atoms with Gasteiger partial charge in [-0.2, -0.15) is 0 Å². The SMILES string of the molecule is COc1cccc2nc(CCNC(=O)OC(C)(C)C)n(-c3ccccc3)c(=O)c12. The van der Waals surface area contributed by atoms with E-state index in [9.17, 15) is 9.59 Å². The van der Waals surface area contributed by atoms with E-state index in [0.717, 1.165) is 0 Å². The number of rotatable bonds is 5. The minimum atomic E-state index is -0.575. The fourth-order valence-corrected chi connectivity index (χ4v) is 3.02. The third-order valence-corrected chi connectivity index (χ3v) is 4.18. The highest BCUT2D eigenvalue weighted by Gasteiger charge is 2.18. The Kier molecular flexibility index (Phi) is 5.87.